The smallest absolute Gasteiger partial charge is 0.416 e. The van der Waals surface area contributed by atoms with E-state index in [2.05, 4.69) is 0 Å². The van der Waals surface area contributed by atoms with Crippen molar-refractivity contribution in [2.75, 3.05) is 7.11 Å². The van der Waals surface area contributed by atoms with Crippen LogP contribution < -0.4 is 0 Å². The number of carbonyl (C=O) groups is 1. The number of methoxy groups -OCH3 is 1. The molecule has 0 saturated carbocycles. The van der Waals surface area contributed by atoms with Crippen molar-refractivity contribution in [2.24, 2.45) is 0 Å². The monoisotopic (exact) mass is 420 g/mol. The van der Waals surface area contributed by atoms with Crippen LogP contribution in [0.3, 0.4) is 0 Å². The molecule has 2 aromatic rings. The number of rotatable bonds is 3. The Hall–Kier alpha value is -3.60. The molecule has 0 N–H and O–H groups in total. The zero-order valence-electron chi connectivity index (χ0n) is 16.7. The molecular weight excluding hydrogens is 401 g/mol. The van der Waals surface area contributed by atoms with Gasteiger partial charge in [0.15, 0.2) is 0 Å². The first-order chi connectivity index (χ1) is 14.8. The average Bonchev–Trinajstić information content (AvgIpc) is 3.03. The molecule has 0 aromatic heterocycles. The molecule has 0 bridgehead atoms. The van der Waals surface area contributed by atoms with E-state index < -0.39 is 23.1 Å². The standard InChI is InChI=1S/C26H19F3O2/c1-31-24(30)25(20-9-5-3-6-10-20)16-19-8-4-2-7-11-22(19)23(17-25)18-12-14-21(15-13-18)26(27,28)29/h2-17H,1H3. The number of carbonyl (C=O) groups excluding carboxylic acids is 1. The van der Waals surface area contributed by atoms with E-state index in [1.807, 2.05) is 66.8 Å². The molecule has 0 saturated heterocycles. The Morgan fingerprint density at radius 3 is 2.23 bits per heavy atom. The normalized spacial score (nSPS) is 20.2. The molecule has 156 valence electrons. The highest BCUT2D eigenvalue weighted by Crippen LogP contribution is 2.44. The summed E-state index contributed by atoms with van der Waals surface area (Å²) in [5.41, 5.74) is 1.63. The molecule has 0 heterocycles. The lowest BCUT2D eigenvalue weighted by molar-refractivity contribution is -0.144. The van der Waals surface area contributed by atoms with Gasteiger partial charge in [0, 0.05) is 0 Å². The lowest BCUT2D eigenvalue weighted by Crippen LogP contribution is -2.35. The Kier molecular flexibility index (Phi) is 5.27. The van der Waals surface area contributed by atoms with Gasteiger partial charge in [-0.15, -0.1) is 0 Å². The maximum atomic E-state index is 13.1. The molecule has 2 aliphatic carbocycles. The molecule has 1 atom stereocenters. The van der Waals surface area contributed by atoms with E-state index in [4.69, 9.17) is 4.74 Å². The molecule has 5 heteroatoms. The summed E-state index contributed by atoms with van der Waals surface area (Å²) >= 11 is 0. The molecular formula is C26H19F3O2. The number of ether oxygens (including phenoxy) is 1. The molecule has 1 unspecified atom stereocenters. The molecule has 0 spiro atoms. The van der Waals surface area contributed by atoms with Crippen molar-refractivity contribution in [3.63, 3.8) is 0 Å². The molecule has 0 radical (unpaired) electrons. The van der Waals surface area contributed by atoms with Crippen LogP contribution in [-0.4, -0.2) is 13.1 Å². The zero-order chi connectivity index (χ0) is 22.1. The molecule has 2 aromatic carbocycles. The molecule has 2 nitrogen and oxygen atoms in total. The number of esters is 1. The highest BCUT2D eigenvalue weighted by atomic mass is 19.4. The van der Waals surface area contributed by atoms with Gasteiger partial charge in [0.1, 0.15) is 5.41 Å². The molecule has 0 fully saturated rings. The number of benzene rings is 2. The summed E-state index contributed by atoms with van der Waals surface area (Å²) in [6.45, 7) is 0. The topological polar surface area (TPSA) is 26.3 Å². The number of fused-ring (bicyclic) bond motifs is 1. The van der Waals surface area contributed by atoms with Crippen LogP contribution in [0, 0.1) is 0 Å². The lowest BCUT2D eigenvalue weighted by Gasteiger charge is -2.32. The van der Waals surface area contributed by atoms with Gasteiger partial charge in [0.25, 0.3) is 0 Å². The summed E-state index contributed by atoms with van der Waals surface area (Å²) in [4.78, 5) is 13.1. The summed E-state index contributed by atoms with van der Waals surface area (Å²) in [5.74, 6) is -0.472. The van der Waals surface area contributed by atoms with Crippen molar-refractivity contribution < 1.29 is 22.7 Å². The first kappa shape index (κ1) is 20.7. The number of hydrogen-bond donors (Lipinski definition) is 0. The second-order valence-electron chi connectivity index (χ2n) is 7.28. The van der Waals surface area contributed by atoms with Gasteiger partial charge < -0.3 is 4.74 Å². The fraction of sp³-hybridized carbons (Fsp3) is 0.115. The van der Waals surface area contributed by atoms with Crippen LogP contribution in [0.4, 0.5) is 13.2 Å². The Morgan fingerprint density at radius 2 is 1.58 bits per heavy atom. The van der Waals surface area contributed by atoms with Crippen LogP contribution >= 0.6 is 0 Å². The first-order valence-corrected chi connectivity index (χ1v) is 9.68. The van der Waals surface area contributed by atoms with Gasteiger partial charge in [0.05, 0.1) is 12.7 Å². The SMILES string of the molecule is COC(=O)C1(c2ccccc2)C=C2C=CC=CC=C2C(c2ccc(C(F)(F)F)cc2)=C1. The van der Waals surface area contributed by atoms with Gasteiger partial charge >= 0.3 is 12.1 Å². The lowest BCUT2D eigenvalue weighted by atomic mass is 9.70. The predicted octanol–water partition coefficient (Wildman–Crippen LogP) is 6.19. The van der Waals surface area contributed by atoms with Crippen LogP contribution in [0.5, 0.6) is 0 Å². The maximum absolute atomic E-state index is 13.1. The molecule has 0 amide bonds. The highest BCUT2D eigenvalue weighted by molar-refractivity contribution is 5.98. The zero-order valence-corrected chi connectivity index (χ0v) is 16.7. The maximum Gasteiger partial charge on any atom is 0.416 e. The van der Waals surface area contributed by atoms with Crippen molar-refractivity contribution in [2.45, 2.75) is 11.6 Å². The van der Waals surface area contributed by atoms with Crippen molar-refractivity contribution in [3.8, 4) is 0 Å². The highest BCUT2D eigenvalue weighted by Gasteiger charge is 2.41. The van der Waals surface area contributed by atoms with Gasteiger partial charge in [-0.05, 0) is 40.0 Å². The Morgan fingerprint density at radius 1 is 0.871 bits per heavy atom. The number of allylic oxidation sites excluding steroid dienone is 8. The van der Waals surface area contributed by atoms with E-state index in [0.717, 1.165) is 23.3 Å². The van der Waals surface area contributed by atoms with Crippen molar-refractivity contribution in [1.29, 1.82) is 0 Å². The second-order valence-corrected chi connectivity index (χ2v) is 7.28. The summed E-state index contributed by atoms with van der Waals surface area (Å²) < 4.78 is 44.4. The van der Waals surface area contributed by atoms with Crippen LogP contribution in [0.1, 0.15) is 16.7 Å². The number of halogens is 3. The second kappa shape index (κ2) is 7.91. The third-order valence-corrected chi connectivity index (χ3v) is 5.42. The van der Waals surface area contributed by atoms with E-state index in [-0.39, 0.29) is 0 Å². The van der Waals surface area contributed by atoms with Gasteiger partial charge in [-0.25, -0.2) is 0 Å². The van der Waals surface area contributed by atoms with E-state index in [0.29, 0.717) is 16.7 Å². The predicted molar refractivity (Wildman–Crippen MR) is 114 cm³/mol. The largest absolute Gasteiger partial charge is 0.468 e. The first-order valence-electron chi connectivity index (χ1n) is 9.68. The van der Waals surface area contributed by atoms with E-state index in [1.54, 1.807) is 6.08 Å². The van der Waals surface area contributed by atoms with Crippen LogP contribution in [0.15, 0.2) is 108 Å². The van der Waals surface area contributed by atoms with Crippen LogP contribution in [0.2, 0.25) is 0 Å². The van der Waals surface area contributed by atoms with Crippen molar-refractivity contribution >= 4 is 11.5 Å². The molecule has 4 rings (SSSR count). The van der Waals surface area contributed by atoms with Gasteiger partial charge in [-0.2, -0.15) is 13.2 Å². The summed E-state index contributed by atoms with van der Waals surface area (Å²) in [6, 6.07) is 14.2. The van der Waals surface area contributed by atoms with Crippen LogP contribution in [-0.2, 0) is 21.1 Å². The van der Waals surface area contributed by atoms with Gasteiger partial charge in [-0.3, -0.25) is 4.79 Å². The fourth-order valence-electron chi connectivity index (χ4n) is 3.89. The molecule has 2 aliphatic rings. The summed E-state index contributed by atoms with van der Waals surface area (Å²) in [5, 5.41) is 0. The van der Waals surface area contributed by atoms with E-state index >= 15 is 0 Å². The van der Waals surface area contributed by atoms with Crippen LogP contribution in [0.25, 0.3) is 5.57 Å². The number of alkyl halides is 3. The third kappa shape index (κ3) is 3.79. The van der Waals surface area contributed by atoms with Gasteiger partial charge in [-0.1, -0.05) is 85.0 Å². The van der Waals surface area contributed by atoms with Crippen molar-refractivity contribution in [3.05, 3.63) is 125 Å². The van der Waals surface area contributed by atoms with Crippen molar-refractivity contribution in [1.82, 2.24) is 0 Å². The Balaban J connectivity index is 1.96. The van der Waals surface area contributed by atoms with E-state index in [9.17, 15) is 18.0 Å². The Bertz CT molecular complexity index is 1150. The fourth-order valence-corrected chi connectivity index (χ4v) is 3.89. The quantitative estimate of drug-likeness (QED) is 0.554. The molecule has 0 aliphatic heterocycles. The Labute approximate surface area is 178 Å². The summed E-state index contributed by atoms with van der Waals surface area (Å²) in [7, 11) is 1.33. The molecule has 31 heavy (non-hydrogen) atoms. The minimum Gasteiger partial charge on any atom is -0.468 e. The third-order valence-electron chi connectivity index (χ3n) is 5.42. The number of hydrogen-bond acceptors (Lipinski definition) is 2. The van der Waals surface area contributed by atoms with Gasteiger partial charge in [0.2, 0.25) is 0 Å². The minimum atomic E-state index is -4.42. The average molecular weight is 420 g/mol. The summed E-state index contributed by atoms with van der Waals surface area (Å²) in [6.07, 6.45) is 8.55. The minimum absolute atomic E-state index is 0.472. The van der Waals surface area contributed by atoms with E-state index in [1.165, 1.54) is 19.2 Å².